The van der Waals surface area contributed by atoms with Crippen molar-refractivity contribution in [2.24, 2.45) is 0 Å². The van der Waals surface area contributed by atoms with Crippen LogP contribution < -0.4 is 31.1 Å². The van der Waals surface area contributed by atoms with Gasteiger partial charge in [-0.1, -0.05) is 264 Å². The Balaban J connectivity index is 1.06. The van der Waals surface area contributed by atoms with E-state index in [0.717, 1.165) is 61.8 Å². The monoisotopic (exact) mass is 1260 g/mol. The van der Waals surface area contributed by atoms with Gasteiger partial charge in [0, 0.05) is 77.7 Å². The van der Waals surface area contributed by atoms with Crippen molar-refractivity contribution in [2.45, 2.75) is 168 Å². The van der Waals surface area contributed by atoms with Crippen LogP contribution in [0.15, 0.2) is 223 Å². The minimum atomic E-state index is -0.336. The number of furan rings is 1. The summed E-state index contributed by atoms with van der Waals surface area (Å²) in [5, 5.41) is 2.20. The number of rotatable bonds is 5. The first kappa shape index (κ1) is 61.3. The van der Waals surface area contributed by atoms with Gasteiger partial charge in [0.1, 0.15) is 11.2 Å². The predicted octanol–water partition coefficient (Wildman–Crippen LogP) is 22.6. The van der Waals surface area contributed by atoms with Crippen LogP contribution in [0.25, 0.3) is 21.9 Å². The van der Waals surface area contributed by atoms with Crippen LogP contribution in [-0.4, -0.2) is 6.71 Å². The Hall–Kier alpha value is -9.32. The number of fused-ring (bicyclic) bond motifs is 13. The van der Waals surface area contributed by atoms with Gasteiger partial charge in [-0.15, -0.1) is 0 Å². The van der Waals surface area contributed by atoms with Gasteiger partial charge in [-0.25, -0.2) is 0 Å². The van der Waals surface area contributed by atoms with Crippen molar-refractivity contribution < 1.29 is 4.42 Å². The van der Waals surface area contributed by atoms with Crippen LogP contribution >= 0.6 is 0 Å². The molecule has 3 heterocycles. The molecule has 0 radical (unpaired) electrons. The summed E-state index contributed by atoms with van der Waals surface area (Å²) in [4.78, 5) is 7.95. The normalized spacial score (nSPS) is 17.4. The Kier molecular flexibility index (Phi) is 12.7. The third kappa shape index (κ3) is 8.55. The van der Waals surface area contributed by atoms with E-state index in [0.29, 0.717) is 0 Å². The van der Waals surface area contributed by atoms with E-state index in [1.165, 1.54) is 106 Å². The largest absolute Gasteiger partial charge is 0.456 e. The molecular formula is C92H90BN3O. The number of para-hydroxylation sites is 1. The molecule has 4 nitrogen and oxygen atoms in total. The summed E-state index contributed by atoms with van der Waals surface area (Å²) >= 11 is 0. The zero-order valence-electron chi connectivity index (χ0n) is 60.1. The van der Waals surface area contributed by atoms with Gasteiger partial charge in [0.25, 0.3) is 6.71 Å². The van der Waals surface area contributed by atoms with Gasteiger partial charge < -0.3 is 19.1 Å². The number of anilines is 9. The van der Waals surface area contributed by atoms with E-state index in [1.807, 2.05) is 0 Å². The second-order valence-corrected chi connectivity index (χ2v) is 34.2. The molecule has 482 valence electrons. The van der Waals surface area contributed by atoms with Crippen LogP contribution in [-0.2, 0) is 43.3 Å². The van der Waals surface area contributed by atoms with Crippen molar-refractivity contribution in [2.75, 3.05) is 14.7 Å². The van der Waals surface area contributed by atoms with Crippen LogP contribution in [0.4, 0.5) is 51.2 Å². The zero-order valence-corrected chi connectivity index (χ0v) is 60.1. The first-order chi connectivity index (χ1) is 45.9. The predicted molar refractivity (Wildman–Crippen MR) is 412 cm³/mol. The minimum absolute atomic E-state index is 0.0420. The molecule has 0 N–H and O–H groups in total. The molecule has 3 aliphatic carbocycles. The highest BCUT2D eigenvalue weighted by Gasteiger charge is 2.52. The standard InChI is InChI=1S/C92H90BN3O/c1-85(2,3)55-38-42-57(43-39-55)94(58-44-40-56(41-45-58)86(4,5)6)60-49-79-84-80(50-60)96(76-35-27-37-82-83(76)61-28-19-26-36-81(61)97-82)78-54-73-71(90(13,14)65-32-23-25-34-67(65)92(73,17)18)52-75(78)93(84)74-51-70-72(91(15,16)66-33-24-22-31-64(66)89(70,11)12)53-77(74)95(79)59-46-47-68-69(48-59)88(9,10)63-30-21-20-29-62(63)87(68,7)8/h19-54H,1-18H3. The highest BCUT2D eigenvalue weighted by molar-refractivity contribution is 7.00. The molecule has 11 aromatic carbocycles. The zero-order chi connectivity index (χ0) is 67.8. The maximum absolute atomic E-state index is 6.96. The third-order valence-corrected chi connectivity index (χ3v) is 24.3. The van der Waals surface area contributed by atoms with E-state index in [1.54, 1.807) is 0 Å². The van der Waals surface area contributed by atoms with E-state index in [9.17, 15) is 0 Å². The van der Waals surface area contributed by atoms with Gasteiger partial charge in [0.2, 0.25) is 0 Å². The van der Waals surface area contributed by atoms with Gasteiger partial charge in [-0.05, 0) is 184 Å². The molecular weight excluding hydrogens is 1170 g/mol. The average Bonchev–Trinajstić information content (AvgIpc) is 0.894. The van der Waals surface area contributed by atoms with Crippen molar-refractivity contribution in [3.63, 3.8) is 0 Å². The van der Waals surface area contributed by atoms with Crippen LogP contribution in [0.5, 0.6) is 0 Å². The van der Waals surface area contributed by atoms with E-state index in [2.05, 4.69) is 358 Å². The molecule has 5 aliphatic rings. The molecule has 0 bridgehead atoms. The van der Waals surface area contributed by atoms with Crippen molar-refractivity contribution >= 4 is 96.2 Å². The first-order valence-corrected chi connectivity index (χ1v) is 35.4. The SMILES string of the molecule is CC(C)(C)c1ccc(N(c2ccc(C(C)(C)C)cc2)c2cc3c4c(c2)N(c2cccc5oc6ccccc6c25)c2cc5c(cc2B4c2cc4c(cc2N3c2ccc3c(c2)C(C)(C)c2ccccc2C3(C)C)C(C)(C)c2ccccc2C4(C)C)C(C)(C)c2ccccc2C5(C)C)cc1. The molecule has 97 heavy (non-hydrogen) atoms. The van der Waals surface area contributed by atoms with Gasteiger partial charge in [-0.3, -0.25) is 0 Å². The molecule has 0 spiro atoms. The van der Waals surface area contributed by atoms with E-state index < -0.39 is 0 Å². The van der Waals surface area contributed by atoms with Gasteiger partial charge >= 0.3 is 0 Å². The topological polar surface area (TPSA) is 22.9 Å². The van der Waals surface area contributed by atoms with E-state index in [4.69, 9.17) is 4.42 Å². The van der Waals surface area contributed by atoms with Crippen molar-refractivity contribution in [3.05, 3.63) is 296 Å². The number of hydrogen-bond acceptors (Lipinski definition) is 4. The highest BCUT2D eigenvalue weighted by atomic mass is 16.3. The Labute approximate surface area is 576 Å². The first-order valence-electron chi connectivity index (χ1n) is 35.4. The van der Waals surface area contributed by atoms with E-state index in [-0.39, 0.29) is 50.0 Å². The Bertz CT molecular complexity index is 5270. The fraction of sp³-hybridized carbons (Fsp3) is 0.283. The second-order valence-electron chi connectivity index (χ2n) is 34.2. The summed E-state index contributed by atoms with van der Waals surface area (Å²) in [6, 6.07) is 85.4. The Morgan fingerprint density at radius 2 is 0.680 bits per heavy atom. The lowest BCUT2D eigenvalue weighted by Gasteiger charge is -2.50. The van der Waals surface area contributed by atoms with Gasteiger partial charge in [0.15, 0.2) is 0 Å². The van der Waals surface area contributed by atoms with Crippen LogP contribution in [0.2, 0.25) is 0 Å². The van der Waals surface area contributed by atoms with Crippen LogP contribution in [0.1, 0.15) is 203 Å². The molecule has 17 rings (SSSR count). The second kappa shape index (κ2) is 20.2. The molecule has 1 aromatic heterocycles. The Morgan fingerprint density at radius 3 is 1.13 bits per heavy atom. The Morgan fingerprint density at radius 1 is 0.309 bits per heavy atom. The lowest BCUT2D eigenvalue weighted by Crippen LogP contribution is -2.62. The third-order valence-electron chi connectivity index (χ3n) is 24.3. The lowest BCUT2D eigenvalue weighted by atomic mass is 9.32. The molecule has 5 heteroatoms. The molecule has 0 amide bonds. The quantitative estimate of drug-likeness (QED) is 0.160. The summed E-state index contributed by atoms with van der Waals surface area (Å²) in [5.41, 5.74) is 33.1. The van der Waals surface area contributed by atoms with Crippen molar-refractivity contribution in [3.8, 4) is 0 Å². The molecule has 0 saturated heterocycles. The fourth-order valence-corrected chi connectivity index (χ4v) is 18.7. The average molecular weight is 1260 g/mol. The maximum atomic E-state index is 6.96. The van der Waals surface area contributed by atoms with Crippen molar-refractivity contribution in [1.29, 1.82) is 0 Å². The van der Waals surface area contributed by atoms with Gasteiger partial charge in [0.05, 0.1) is 16.8 Å². The molecule has 0 fully saturated rings. The van der Waals surface area contributed by atoms with Crippen LogP contribution in [0.3, 0.4) is 0 Å². The number of benzene rings is 11. The number of nitrogens with zero attached hydrogens (tertiary/aromatic N) is 3. The molecule has 2 aliphatic heterocycles. The highest BCUT2D eigenvalue weighted by Crippen LogP contribution is 2.59. The summed E-state index contributed by atoms with van der Waals surface area (Å²) in [7, 11) is 0. The van der Waals surface area contributed by atoms with Crippen molar-refractivity contribution in [1.82, 2.24) is 0 Å². The summed E-state index contributed by atoms with van der Waals surface area (Å²) < 4.78 is 6.96. The molecule has 12 aromatic rings. The molecule has 0 unspecified atom stereocenters. The van der Waals surface area contributed by atoms with Gasteiger partial charge in [-0.2, -0.15) is 0 Å². The maximum Gasteiger partial charge on any atom is 0.252 e. The number of hydrogen-bond donors (Lipinski definition) is 0. The molecule has 0 saturated carbocycles. The summed E-state index contributed by atoms with van der Waals surface area (Å²) in [5.74, 6) is 0. The lowest BCUT2D eigenvalue weighted by molar-refractivity contribution is 0.520. The smallest absolute Gasteiger partial charge is 0.252 e. The molecule has 0 atom stereocenters. The summed E-state index contributed by atoms with van der Waals surface area (Å²) in [6.45, 7) is 43.2. The van der Waals surface area contributed by atoms with E-state index >= 15 is 0 Å². The summed E-state index contributed by atoms with van der Waals surface area (Å²) in [6.07, 6.45) is 0. The fourth-order valence-electron chi connectivity index (χ4n) is 18.7. The van der Waals surface area contributed by atoms with Crippen LogP contribution in [0, 0.1) is 0 Å². The minimum Gasteiger partial charge on any atom is -0.456 e.